The number of rotatable bonds is 5. The molecule has 2 aromatic heterocycles. The molecule has 0 aliphatic heterocycles. The Bertz CT molecular complexity index is 3200. The van der Waals surface area contributed by atoms with E-state index in [4.69, 9.17) is 14.4 Å². The second-order valence-corrected chi connectivity index (χ2v) is 14.1. The number of hydrogen-bond acceptors (Lipinski definition) is 3. The van der Waals surface area contributed by atoms with E-state index in [0.29, 0.717) is 11.4 Å². The summed E-state index contributed by atoms with van der Waals surface area (Å²) in [6.07, 6.45) is 0. The summed E-state index contributed by atoms with van der Waals surface area (Å²) in [5.74, 6) is 0.665. The Hall–Kier alpha value is -7.36. The van der Waals surface area contributed by atoms with E-state index in [2.05, 4.69) is 170 Å². The molecule has 0 amide bonds. The second-order valence-electron chi connectivity index (χ2n) is 14.1. The van der Waals surface area contributed by atoms with Gasteiger partial charge in [-0.05, 0) is 90.0 Å². The van der Waals surface area contributed by atoms with E-state index in [1.54, 1.807) is 0 Å². The average Bonchev–Trinajstić information content (AvgIpc) is 3.65. The van der Waals surface area contributed by atoms with E-state index in [1.807, 2.05) is 24.3 Å². The van der Waals surface area contributed by atoms with Gasteiger partial charge in [-0.2, -0.15) is 0 Å². The van der Waals surface area contributed by atoms with Gasteiger partial charge in [-0.25, -0.2) is 9.97 Å². The monoisotopic (exact) mass is 700 g/mol. The van der Waals surface area contributed by atoms with Crippen molar-refractivity contribution in [1.82, 2.24) is 9.97 Å². The summed E-state index contributed by atoms with van der Waals surface area (Å²) in [5.41, 5.74) is 11.9. The largest absolute Gasteiger partial charge is 0.452 e. The van der Waals surface area contributed by atoms with Gasteiger partial charge in [-0.1, -0.05) is 170 Å². The van der Waals surface area contributed by atoms with Crippen LogP contribution in [0.1, 0.15) is 0 Å². The van der Waals surface area contributed by atoms with Crippen LogP contribution in [0.2, 0.25) is 0 Å². The molecule has 0 radical (unpaired) electrons. The van der Waals surface area contributed by atoms with E-state index in [0.717, 1.165) is 55.6 Å². The fraction of sp³-hybridized carbons (Fsp3) is 0. The molecule has 0 spiro atoms. The van der Waals surface area contributed by atoms with E-state index >= 15 is 0 Å². The van der Waals surface area contributed by atoms with Gasteiger partial charge in [0.1, 0.15) is 16.8 Å². The third kappa shape index (κ3) is 5.28. The van der Waals surface area contributed by atoms with E-state index in [-0.39, 0.29) is 0 Å². The highest BCUT2D eigenvalue weighted by Crippen LogP contribution is 2.40. The lowest BCUT2D eigenvalue weighted by Crippen LogP contribution is -1.94. The fourth-order valence-corrected chi connectivity index (χ4v) is 8.15. The van der Waals surface area contributed by atoms with Crippen LogP contribution in [-0.4, -0.2) is 9.97 Å². The van der Waals surface area contributed by atoms with Crippen molar-refractivity contribution in [2.75, 3.05) is 0 Å². The molecule has 11 rings (SSSR count). The average molecular weight is 701 g/mol. The van der Waals surface area contributed by atoms with Gasteiger partial charge in [-0.15, -0.1) is 0 Å². The van der Waals surface area contributed by atoms with Crippen molar-refractivity contribution in [2.45, 2.75) is 0 Å². The zero-order valence-electron chi connectivity index (χ0n) is 29.8. The molecule has 55 heavy (non-hydrogen) atoms. The zero-order chi connectivity index (χ0) is 36.3. The minimum Gasteiger partial charge on any atom is -0.452 e. The van der Waals surface area contributed by atoms with Crippen LogP contribution in [0.15, 0.2) is 199 Å². The van der Waals surface area contributed by atoms with Crippen molar-refractivity contribution < 1.29 is 4.42 Å². The molecule has 0 bridgehead atoms. The highest BCUT2D eigenvalue weighted by Gasteiger charge is 2.20. The van der Waals surface area contributed by atoms with Crippen molar-refractivity contribution in [1.29, 1.82) is 0 Å². The minimum atomic E-state index is 0.665. The lowest BCUT2D eigenvalue weighted by atomic mass is 9.91. The van der Waals surface area contributed by atoms with Crippen LogP contribution >= 0.6 is 0 Å². The summed E-state index contributed by atoms with van der Waals surface area (Å²) in [6, 6.07) is 68.7. The standard InChI is InChI=1S/C52H32N2O/c1-3-12-33(13-4-1)34-22-24-35(25-23-34)38-27-29-48-47(32-38)50-51(55-48)49(53-52(54-50)36-14-5-2-6-15-36)40-17-11-16-37(30-40)39-26-28-45-43-20-8-7-18-41(43)42-19-9-10-21-44(42)46(45)31-39/h1-32H. The molecule has 2 heterocycles. The van der Waals surface area contributed by atoms with E-state index < -0.39 is 0 Å². The number of aromatic nitrogens is 2. The van der Waals surface area contributed by atoms with Crippen LogP contribution in [0.25, 0.3) is 110 Å². The number of hydrogen-bond donors (Lipinski definition) is 0. The maximum absolute atomic E-state index is 6.66. The molecule has 0 unspecified atom stereocenters. The molecule has 0 fully saturated rings. The molecular weight excluding hydrogens is 669 g/mol. The molecule has 11 aromatic rings. The fourth-order valence-electron chi connectivity index (χ4n) is 8.15. The third-order valence-corrected chi connectivity index (χ3v) is 10.9. The SMILES string of the molecule is c1ccc(-c2ccc(-c3ccc4oc5c(-c6cccc(-c7ccc8c9ccccc9c9ccccc9c8c7)c6)nc(-c6ccccc6)nc5c4c3)cc2)cc1. The van der Waals surface area contributed by atoms with Crippen molar-refractivity contribution in [3.05, 3.63) is 194 Å². The van der Waals surface area contributed by atoms with Crippen LogP contribution in [0.3, 0.4) is 0 Å². The molecular formula is C52H32N2O. The van der Waals surface area contributed by atoms with Gasteiger partial charge in [-0.3, -0.25) is 0 Å². The highest BCUT2D eigenvalue weighted by molar-refractivity contribution is 6.25. The van der Waals surface area contributed by atoms with Gasteiger partial charge in [0.15, 0.2) is 11.4 Å². The minimum absolute atomic E-state index is 0.665. The summed E-state index contributed by atoms with van der Waals surface area (Å²) in [5, 5.41) is 8.54. The summed E-state index contributed by atoms with van der Waals surface area (Å²) < 4.78 is 6.66. The molecule has 0 saturated carbocycles. The lowest BCUT2D eigenvalue weighted by molar-refractivity contribution is 0.667. The van der Waals surface area contributed by atoms with Gasteiger partial charge in [0.05, 0.1) is 0 Å². The maximum atomic E-state index is 6.66. The number of nitrogens with zero attached hydrogens (tertiary/aromatic N) is 2. The molecule has 0 aliphatic rings. The van der Waals surface area contributed by atoms with Crippen LogP contribution in [0.4, 0.5) is 0 Å². The van der Waals surface area contributed by atoms with Gasteiger partial charge < -0.3 is 4.42 Å². The molecule has 0 saturated heterocycles. The second kappa shape index (κ2) is 12.6. The predicted octanol–water partition coefficient (Wildman–Crippen LogP) is 14.2. The van der Waals surface area contributed by atoms with Gasteiger partial charge >= 0.3 is 0 Å². The van der Waals surface area contributed by atoms with Gasteiger partial charge in [0, 0.05) is 16.5 Å². The third-order valence-electron chi connectivity index (χ3n) is 10.9. The summed E-state index contributed by atoms with van der Waals surface area (Å²) in [6.45, 7) is 0. The predicted molar refractivity (Wildman–Crippen MR) is 229 cm³/mol. The molecule has 0 atom stereocenters. The number of benzene rings is 9. The number of furan rings is 1. The molecule has 3 heteroatoms. The Morgan fingerprint density at radius 3 is 1.44 bits per heavy atom. The zero-order valence-corrected chi connectivity index (χ0v) is 29.8. The first-order valence-corrected chi connectivity index (χ1v) is 18.6. The van der Waals surface area contributed by atoms with Crippen LogP contribution in [-0.2, 0) is 0 Å². The Morgan fingerprint density at radius 1 is 0.291 bits per heavy atom. The van der Waals surface area contributed by atoms with Gasteiger partial charge in [0.2, 0.25) is 0 Å². The van der Waals surface area contributed by atoms with Crippen molar-refractivity contribution in [3.8, 4) is 56.0 Å². The Balaban J connectivity index is 1.06. The van der Waals surface area contributed by atoms with Crippen LogP contribution < -0.4 is 0 Å². The van der Waals surface area contributed by atoms with Crippen molar-refractivity contribution in [2.24, 2.45) is 0 Å². The topological polar surface area (TPSA) is 38.9 Å². The maximum Gasteiger partial charge on any atom is 0.180 e. The quantitative estimate of drug-likeness (QED) is 0.168. The van der Waals surface area contributed by atoms with Crippen LogP contribution in [0, 0.1) is 0 Å². The molecule has 256 valence electrons. The van der Waals surface area contributed by atoms with E-state index in [9.17, 15) is 0 Å². The first kappa shape index (κ1) is 31.2. The Kier molecular flexibility index (Phi) is 7.17. The molecule has 3 nitrogen and oxygen atoms in total. The van der Waals surface area contributed by atoms with Crippen molar-refractivity contribution in [3.63, 3.8) is 0 Å². The van der Waals surface area contributed by atoms with Crippen molar-refractivity contribution >= 4 is 54.4 Å². The first-order chi connectivity index (χ1) is 27.2. The highest BCUT2D eigenvalue weighted by atomic mass is 16.3. The normalized spacial score (nSPS) is 11.6. The Morgan fingerprint density at radius 2 is 0.745 bits per heavy atom. The van der Waals surface area contributed by atoms with Crippen LogP contribution in [0.5, 0.6) is 0 Å². The summed E-state index contributed by atoms with van der Waals surface area (Å²) in [7, 11) is 0. The molecule has 0 N–H and O–H groups in total. The molecule has 0 aliphatic carbocycles. The van der Waals surface area contributed by atoms with Gasteiger partial charge in [0.25, 0.3) is 0 Å². The number of fused-ring (bicyclic) bond motifs is 9. The lowest BCUT2D eigenvalue weighted by Gasteiger charge is -2.12. The molecule has 9 aromatic carbocycles. The first-order valence-electron chi connectivity index (χ1n) is 18.6. The smallest absolute Gasteiger partial charge is 0.180 e. The summed E-state index contributed by atoms with van der Waals surface area (Å²) >= 11 is 0. The summed E-state index contributed by atoms with van der Waals surface area (Å²) in [4.78, 5) is 10.4. The Labute approximate surface area is 317 Å². The van der Waals surface area contributed by atoms with E-state index in [1.165, 1.54) is 43.4 Å².